The number of nitrogens with one attached hydrogen (secondary N) is 1. The van der Waals surface area contributed by atoms with Crippen molar-refractivity contribution in [2.45, 2.75) is 45.4 Å². The molecule has 10 heteroatoms. The number of carbonyl (C=O) groups excluding carboxylic acids is 2. The van der Waals surface area contributed by atoms with Crippen LogP contribution in [0.3, 0.4) is 0 Å². The van der Waals surface area contributed by atoms with Crippen LogP contribution in [-0.2, 0) is 14.4 Å². The van der Waals surface area contributed by atoms with Gasteiger partial charge < -0.3 is 15.1 Å². The lowest BCUT2D eigenvalue weighted by molar-refractivity contribution is -0.143. The molecule has 9 nitrogen and oxygen atoms in total. The van der Waals surface area contributed by atoms with Gasteiger partial charge in [0.1, 0.15) is 11.6 Å². The molecule has 39 heavy (non-hydrogen) atoms. The highest BCUT2D eigenvalue weighted by Gasteiger charge is 2.38. The number of carbonyl (C=O) groups is 3. The number of halogens is 1. The predicted molar refractivity (Wildman–Crippen MR) is 146 cm³/mol. The average Bonchev–Trinajstić information content (AvgIpc) is 2.89. The molecule has 1 saturated carbocycles. The zero-order chi connectivity index (χ0) is 28.4. The quantitative estimate of drug-likeness (QED) is 0.272. The molecule has 1 fully saturated rings. The number of aryl methyl sites for hydroxylation is 1. The number of phenols is 1. The summed E-state index contributed by atoms with van der Waals surface area (Å²) in [5.74, 6) is -3.10. The molecule has 1 aliphatic heterocycles. The number of carboxylic acids is 1. The molecule has 0 aromatic heterocycles. The van der Waals surface area contributed by atoms with Crippen molar-refractivity contribution < 1.29 is 29.0 Å². The third-order valence-corrected chi connectivity index (χ3v) is 7.37. The summed E-state index contributed by atoms with van der Waals surface area (Å²) in [5.41, 5.74) is 4.95. The summed E-state index contributed by atoms with van der Waals surface area (Å²) in [4.78, 5) is 41.3. The number of hydrogen-bond acceptors (Lipinski definition) is 7. The minimum absolute atomic E-state index is 0.0122. The van der Waals surface area contributed by atoms with E-state index in [2.05, 4.69) is 10.5 Å². The summed E-state index contributed by atoms with van der Waals surface area (Å²) in [6.45, 7) is 3.45. The number of benzene rings is 2. The van der Waals surface area contributed by atoms with Crippen molar-refractivity contribution >= 4 is 34.9 Å². The third-order valence-electron chi connectivity index (χ3n) is 7.37. The molecule has 1 aliphatic carbocycles. The van der Waals surface area contributed by atoms with Gasteiger partial charge in [-0.1, -0.05) is 18.6 Å². The summed E-state index contributed by atoms with van der Waals surface area (Å²) in [7, 11) is 3.60. The first-order valence-corrected chi connectivity index (χ1v) is 12.9. The van der Waals surface area contributed by atoms with E-state index >= 15 is 0 Å². The van der Waals surface area contributed by atoms with E-state index in [4.69, 9.17) is 0 Å². The van der Waals surface area contributed by atoms with Crippen molar-refractivity contribution in [2.75, 3.05) is 31.0 Å². The number of anilines is 2. The number of amides is 2. The number of nitrogens with zero attached hydrogens (tertiary/aromatic N) is 3. The fourth-order valence-corrected chi connectivity index (χ4v) is 5.23. The zero-order valence-electron chi connectivity index (χ0n) is 22.5. The largest absolute Gasteiger partial charge is 0.505 e. The lowest BCUT2D eigenvalue weighted by Gasteiger charge is -2.30. The number of rotatable bonds is 7. The Labute approximate surface area is 226 Å². The molecule has 206 valence electrons. The monoisotopic (exact) mass is 536 g/mol. The lowest BCUT2D eigenvalue weighted by Crippen LogP contribution is -2.49. The Morgan fingerprint density at radius 1 is 1.15 bits per heavy atom. The summed E-state index contributed by atoms with van der Waals surface area (Å²) in [6.07, 6.45) is 2.56. The first-order valence-electron chi connectivity index (χ1n) is 12.9. The maximum atomic E-state index is 13.9. The Kier molecular flexibility index (Phi) is 8.15. The van der Waals surface area contributed by atoms with Gasteiger partial charge in [0.2, 0.25) is 0 Å². The molecule has 3 N–H and O–H groups in total. The van der Waals surface area contributed by atoms with Gasteiger partial charge in [-0.3, -0.25) is 19.8 Å². The van der Waals surface area contributed by atoms with Crippen LogP contribution in [-0.4, -0.2) is 59.2 Å². The van der Waals surface area contributed by atoms with E-state index in [1.807, 2.05) is 0 Å². The molecule has 2 atom stereocenters. The SMILES string of the molecule is CC1=C(CN(C)C)C(=O)N(c2ccc(F)c(C)c2)C(=O)/C1=N/Nc1cccc(C2CCCC(C(=O)O)C2)c1O. The molecule has 0 bridgehead atoms. The second-order valence-corrected chi connectivity index (χ2v) is 10.4. The van der Waals surface area contributed by atoms with E-state index < -0.39 is 29.5 Å². The Hall–Kier alpha value is -4.05. The Bertz CT molecular complexity index is 1380. The summed E-state index contributed by atoms with van der Waals surface area (Å²) in [5, 5.41) is 24.8. The summed E-state index contributed by atoms with van der Waals surface area (Å²) in [6, 6.07) is 9.14. The van der Waals surface area contributed by atoms with Gasteiger partial charge in [-0.15, -0.1) is 0 Å². The van der Waals surface area contributed by atoms with Crippen molar-refractivity contribution in [3.8, 4) is 5.75 Å². The van der Waals surface area contributed by atoms with Crippen LogP contribution >= 0.6 is 0 Å². The highest BCUT2D eigenvalue weighted by atomic mass is 19.1. The standard InChI is InChI=1S/C29H33FN4O5/c1-16-13-20(11-12-23(16)30)34-27(36)22(15-33(3)4)17(2)25(28(34)37)32-31-24-10-6-9-21(26(24)35)18-7-5-8-19(14-18)29(38)39/h6,9-13,18-19,31,35H,5,7-8,14-15H2,1-4H3,(H,38,39)/b32-25+. The normalized spacial score (nSPS) is 21.2. The number of likely N-dealkylation sites (N-methyl/N-ethyl adjacent to an activating group) is 1. The molecule has 2 aromatic carbocycles. The van der Waals surface area contributed by atoms with Crippen LogP contribution in [0.4, 0.5) is 15.8 Å². The maximum absolute atomic E-state index is 13.9. The topological polar surface area (TPSA) is 123 Å². The molecule has 4 rings (SSSR count). The Morgan fingerprint density at radius 3 is 2.56 bits per heavy atom. The smallest absolute Gasteiger partial charge is 0.306 e. The summed E-state index contributed by atoms with van der Waals surface area (Å²) < 4.78 is 13.9. The first kappa shape index (κ1) is 28.0. The van der Waals surface area contributed by atoms with Gasteiger partial charge in [0.25, 0.3) is 11.8 Å². The number of imide groups is 1. The van der Waals surface area contributed by atoms with Crippen LogP contribution in [0.1, 0.15) is 49.7 Å². The lowest BCUT2D eigenvalue weighted by atomic mass is 9.77. The van der Waals surface area contributed by atoms with Crippen LogP contribution in [0, 0.1) is 18.7 Å². The number of carboxylic acid groups (broad SMARTS) is 1. The molecule has 0 spiro atoms. The third kappa shape index (κ3) is 5.70. The van der Waals surface area contributed by atoms with E-state index in [9.17, 15) is 29.0 Å². The molecule has 2 aliphatic rings. The van der Waals surface area contributed by atoms with Crippen molar-refractivity contribution in [1.29, 1.82) is 0 Å². The Balaban J connectivity index is 1.70. The van der Waals surface area contributed by atoms with Gasteiger partial charge in [-0.05, 0) is 94.1 Å². The van der Waals surface area contributed by atoms with E-state index in [1.54, 1.807) is 51.0 Å². The van der Waals surface area contributed by atoms with E-state index in [-0.39, 0.29) is 35.3 Å². The van der Waals surface area contributed by atoms with Gasteiger partial charge in [0.15, 0.2) is 5.71 Å². The Morgan fingerprint density at radius 2 is 1.90 bits per heavy atom. The van der Waals surface area contributed by atoms with Crippen molar-refractivity contribution in [3.63, 3.8) is 0 Å². The molecular formula is C29H33FN4O5. The fraction of sp³-hybridized carbons (Fsp3) is 0.379. The summed E-state index contributed by atoms with van der Waals surface area (Å²) >= 11 is 0. The van der Waals surface area contributed by atoms with Gasteiger partial charge in [0, 0.05) is 12.1 Å². The molecule has 0 radical (unpaired) electrons. The highest BCUT2D eigenvalue weighted by Crippen LogP contribution is 2.42. The fourth-order valence-electron chi connectivity index (χ4n) is 5.23. The number of aliphatic carboxylic acids is 1. The van der Waals surface area contributed by atoms with Crippen LogP contribution in [0.5, 0.6) is 5.75 Å². The van der Waals surface area contributed by atoms with Gasteiger partial charge >= 0.3 is 5.97 Å². The molecule has 2 unspecified atom stereocenters. The van der Waals surface area contributed by atoms with Gasteiger partial charge in [0.05, 0.1) is 17.3 Å². The molecule has 1 heterocycles. The number of aromatic hydroxyl groups is 1. The maximum Gasteiger partial charge on any atom is 0.306 e. The average molecular weight is 537 g/mol. The van der Waals surface area contributed by atoms with Crippen molar-refractivity contribution in [3.05, 3.63) is 64.5 Å². The highest BCUT2D eigenvalue weighted by molar-refractivity contribution is 6.57. The second-order valence-electron chi connectivity index (χ2n) is 10.4. The van der Waals surface area contributed by atoms with Gasteiger partial charge in [-0.25, -0.2) is 9.29 Å². The number of hydrogen-bond donors (Lipinski definition) is 3. The van der Waals surface area contributed by atoms with E-state index in [1.165, 1.54) is 18.2 Å². The number of phenolic OH excluding ortho intramolecular Hbond substituents is 1. The zero-order valence-corrected chi connectivity index (χ0v) is 22.5. The van der Waals surface area contributed by atoms with Crippen LogP contribution in [0.2, 0.25) is 0 Å². The minimum Gasteiger partial charge on any atom is -0.505 e. The molecule has 2 aromatic rings. The second kappa shape index (κ2) is 11.4. The number of hydrazone groups is 1. The van der Waals surface area contributed by atoms with Crippen LogP contribution in [0.25, 0.3) is 0 Å². The van der Waals surface area contributed by atoms with Crippen molar-refractivity contribution in [1.82, 2.24) is 4.90 Å². The molecular weight excluding hydrogens is 503 g/mol. The molecule has 0 saturated heterocycles. The van der Waals surface area contributed by atoms with E-state index in [0.717, 1.165) is 17.7 Å². The van der Waals surface area contributed by atoms with Gasteiger partial charge in [-0.2, -0.15) is 5.10 Å². The van der Waals surface area contributed by atoms with Crippen molar-refractivity contribution in [2.24, 2.45) is 11.0 Å². The predicted octanol–water partition coefficient (Wildman–Crippen LogP) is 4.42. The number of para-hydroxylation sites is 1. The van der Waals surface area contributed by atoms with E-state index in [0.29, 0.717) is 35.1 Å². The molecule has 2 amide bonds. The van der Waals surface area contributed by atoms with Crippen LogP contribution < -0.4 is 10.3 Å². The minimum atomic E-state index is -0.832. The van der Waals surface area contributed by atoms with Crippen LogP contribution in [0.15, 0.2) is 52.6 Å². The first-order chi connectivity index (χ1) is 18.5.